The van der Waals surface area contributed by atoms with Crippen LogP contribution in [-0.4, -0.2) is 22.6 Å². The molecule has 0 aliphatic heterocycles. The third kappa shape index (κ3) is 2.33. The quantitative estimate of drug-likeness (QED) is 0.763. The number of anilines is 1. The van der Waals surface area contributed by atoms with Gasteiger partial charge in [0, 0.05) is 24.6 Å². The summed E-state index contributed by atoms with van der Waals surface area (Å²) in [6.07, 6.45) is 7.85. The Kier molecular flexibility index (Phi) is 2.51. The highest BCUT2D eigenvalue weighted by Gasteiger charge is 2.35. The average Bonchev–Trinajstić information content (AvgIpc) is 3.24. The summed E-state index contributed by atoms with van der Waals surface area (Å²) in [5, 5.41) is 0.614. The molecule has 1 heterocycles. The summed E-state index contributed by atoms with van der Waals surface area (Å²) in [4.78, 5) is 11.6. The van der Waals surface area contributed by atoms with Crippen molar-refractivity contribution in [2.45, 2.75) is 50.5 Å². The van der Waals surface area contributed by atoms with Crippen LogP contribution in [0, 0.1) is 5.92 Å². The predicted molar refractivity (Wildman–Crippen MR) is 72.1 cm³/mol. The van der Waals surface area contributed by atoms with Gasteiger partial charge in [0.2, 0.25) is 0 Å². The molecule has 96 valence electrons. The van der Waals surface area contributed by atoms with Crippen molar-refractivity contribution in [3.63, 3.8) is 0 Å². The standard InChI is InChI=1S/C14H18ClN3/c15-12-7-13(17-14(16-12)10-3-4-10)18(11-5-6-11)8-9-1-2-9/h7,9-11H,1-6,8H2. The molecule has 3 aliphatic rings. The zero-order valence-corrected chi connectivity index (χ0v) is 11.2. The lowest BCUT2D eigenvalue weighted by Gasteiger charge is -2.24. The highest BCUT2D eigenvalue weighted by Crippen LogP contribution is 2.41. The maximum absolute atomic E-state index is 6.17. The van der Waals surface area contributed by atoms with Crippen LogP contribution < -0.4 is 4.90 Å². The molecule has 0 saturated heterocycles. The van der Waals surface area contributed by atoms with Crippen molar-refractivity contribution in [2.24, 2.45) is 5.92 Å². The highest BCUT2D eigenvalue weighted by atomic mass is 35.5. The van der Waals surface area contributed by atoms with Gasteiger partial charge in [-0.25, -0.2) is 9.97 Å². The van der Waals surface area contributed by atoms with Crippen LogP contribution in [-0.2, 0) is 0 Å². The van der Waals surface area contributed by atoms with E-state index in [1.165, 1.54) is 45.1 Å². The minimum Gasteiger partial charge on any atom is -0.353 e. The van der Waals surface area contributed by atoms with Gasteiger partial charge in [-0.1, -0.05) is 11.6 Å². The lowest BCUT2D eigenvalue weighted by atomic mass is 10.3. The molecule has 0 spiro atoms. The second-order valence-electron chi connectivity index (χ2n) is 6.01. The Morgan fingerprint density at radius 3 is 2.50 bits per heavy atom. The first-order chi connectivity index (χ1) is 8.79. The molecular weight excluding hydrogens is 246 g/mol. The second-order valence-corrected chi connectivity index (χ2v) is 6.40. The van der Waals surface area contributed by atoms with E-state index < -0.39 is 0 Å². The molecule has 0 atom stereocenters. The van der Waals surface area contributed by atoms with E-state index in [-0.39, 0.29) is 0 Å². The average molecular weight is 264 g/mol. The van der Waals surface area contributed by atoms with E-state index in [4.69, 9.17) is 16.6 Å². The van der Waals surface area contributed by atoms with Crippen LogP contribution in [0.1, 0.15) is 50.3 Å². The van der Waals surface area contributed by atoms with Gasteiger partial charge in [-0.05, 0) is 44.4 Å². The zero-order valence-electron chi connectivity index (χ0n) is 10.5. The van der Waals surface area contributed by atoms with Crippen LogP contribution in [0.15, 0.2) is 6.07 Å². The number of hydrogen-bond donors (Lipinski definition) is 0. The number of hydrogen-bond acceptors (Lipinski definition) is 3. The Labute approximate surface area is 113 Å². The minimum atomic E-state index is 0.574. The Morgan fingerprint density at radius 2 is 1.89 bits per heavy atom. The highest BCUT2D eigenvalue weighted by molar-refractivity contribution is 6.29. The van der Waals surface area contributed by atoms with Gasteiger partial charge in [-0.2, -0.15) is 0 Å². The maximum Gasteiger partial charge on any atom is 0.135 e. The van der Waals surface area contributed by atoms with E-state index in [1.807, 2.05) is 6.07 Å². The molecule has 0 N–H and O–H groups in total. The van der Waals surface area contributed by atoms with Gasteiger partial charge < -0.3 is 4.90 Å². The van der Waals surface area contributed by atoms with Gasteiger partial charge in [0.25, 0.3) is 0 Å². The van der Waals surface area contributed by atoms with Crippen molar-refractivity contribution in [1.82, 2.24) is 9.97 Å². The molecule has 4 rings (SSSR count). The summed E-state index contributed by atoms with van der Waals surface area (Å²) < 4.78 is 0. The molecular formula is C14H18ClN3. The van der Waals surface area contributed by atoms with Crippen LogP contribution in [0.2, 0.25) is 5.15 Å². The summed E-state index contributed by atoms with van der Waals surface area (Å²) in [6.45, 7) is 1.17. The fourth-order valence-corrected chi connectivity index (χ4v) is 2.67. The Bertz CT molecular complexity index is 464. The molecule has 1 aromatic heterocycles. The van der Waals surface area contributed by atoms with Crippen molar-refractivity contribution in [1.29, 1.82) is 0 Å². The predicted octanol–water partition coefficient (Wildman–Crippen LogP) is 3.39. The Balaban J connectivity index is 1.63. The molecule has 3 aliphatic carbocycles. The SMILES string of the molecule is Clc1cc(N(CC2CC2)C2CC2)nc(C2CC2)n1. The normalized spacial score (nSPS) is 23.2. The largest absolute Gasteiger partial charge is 0.353 e. The van der Waals surface area contributed by atoms with E-state index in [2.05, 4.69) is 9.88 Å². The van der Waals surface area contributed by atoms with E-state index >= 15 is 0 Å². The molecule has 0 radical (unpaired) electrons. The Hall–Kier alpha value is -0.830. The van der Waals surface area contributed by atoms with Crippen molar-refractivity contribution in [3.05, 3.63) is 17.0 Å². The number of rotatable bonds is 5. The van der Waals surface area contributed by atoms with Crippen LogP contribution in [0.4, 0.5) is 5.82 Å². The van der Waals surface area contributed by atoms with E-state index in [0.29, 0.717) is 17.1 Å². The Morgan fingerprint density at radius 1 is 1.11 bits per heavy atom. The van der Waals surface area contributed by atoms with Gasteiger partial charge >= 0.3 is 0 Å². The lowest BCUT2D eigenvalue weighted by Crippen LogP contribution is -2.29. The summed E-state index contributed by atoms with van der Waals surface area (Å²) in [7, 11) is 0. The fraction of sp³-hybridized carbons (Fsp3) is 0.714. The van der Waals surface area contributed by atoms with E-state index in [9.17, 15) is 0 Å². The molecule has 0 amide bonds. The summed E-state index contributed by atoms with van der Waals surface area (Å²) >= 11 is 6.17. The third-order valence-corrected chi connectivity index (χ3v) is 4.27. The van der Waals surface area contributed by atoms with Crippen LogP contribution in [0.25, 0.3) is 0 Å². The van der Waals surface area contributed by atoms with Gasteiger partial charge in [-0.3, -0.25) is 0 Å². The minimum absolute atomic E-state index is 0.574. The van der Waals surface area contributed by atoms with Gasteiger partial charge in [0.15, 0.2) is 0 Å². The topological polar surface area (TPSA) is 29.0 Å². The van der Waals surface area contributed by atoms with Crippen molar-refractivity contribution in [2.75, 3.05) is 11.4 Å². The van der Waals surface area contributed by atoms with Crippen molar-refractivity contribution < 1.29 is 0 Å². The first-order valence-corrected chi connectivity index (χ1v) is 7.48. The number of aromatic nitrogens is 2. The summed E-state index contributed by atoms with van der Waals surface area (Å²) in [5.41, 5.74) is 0. The fourth-order valence-electron chi connectivity index (χ4n) is 2.49. The number of nitrogens with zero attached hydrogens (tertiary/aromatic N) is 3. The van der Waals surface area contributed by atoms with Crippen LogP contribution in [0.3, 0.4) is 0 Å². The lowest BCUT2D eigenvalue weighted by molar-refractivity contribution is 0.703. The molecule has 1 aromatic rings. The number of halogens is 1. The molecule has 0 bridgehead atoms. The molecule has 0 unspecified atom stereocenters. The summed E-state index contributed by atoms with van der Waals surface area (Å²) in [5.74, 6) is 3.51. The molecule has 18 heavy (non-hydrogen) atoms. The van der Waals surface area contributed by atoms with Crippen LogP contribution >= 0.6 is 11.6 Å². The first kappa shape index (κ1) is 11.0. The molecule has 4 heteroatoms. The smallest absolute Gasteiger partial charge is 0.135 e. The second kappa shape index (κ2) is 4.09. The van der Waals surface area contributed by atoms with Gasteiger partial charge in [0.1, 0.15) is 16.8 Å². The van der Waals surface area contributed by atoms with Crippen molar-refractivity contribution in [3.8, 4) is 0 Å². The maximum atomic E-state index is 6.17. The first-order valence-electron chi connectivity index (χ1n) is 7.11. The van der Waals surface area contributed by atoms with E-state index in [1.54, 1.807) is 0 Å². The van der Waals surface area contributed by atoms with Crippen LogP contribution in [0.5, 0.6) is 0 Å². The zero-order chi connectivity index (χ0) is 12.1. The monoisotopic (exact) mass is 263 g/mol. The third-order valence-electron chi connectivity index (χ3n) is 4.07. The molecule has 3 saturated carbocycles. The van der Waals surface area contributed by atoms with E-state index in [0.717, 1.165) is 17.6 Å². The molecule has 3 fully saturated rings. The molecule has 0 aromatic carbocycles. The summed E-state index contributed by atoms with van der Waals surface area (Å²) in [6, 6.07) is 2.66. The van der Waals surface area contributed by atoms with Crippen molar-refractivity contribution >= 4 is 17.4 Å². The van der Waals surface area contributed by atoms with Gasteiger partial charge in [-0.15, -0.1) is 0 Å². The van der Waals surface area contributed by atoms with Gasteiger partial charge in [0.05, 0.1) is 0 Å². The molecule has 3 nitrogen and oxygen atoms in total.